The van der Waals surface area contributed by atoms with E-state index in [0.717, 1.165) is 12.3 Å². The highest BCUT2D eigenvalue weighted by atomic mass is 35.5. The maximum absolute atomic E-state index is 12.7. The van der Waals surface area contributed by atoms with Crippen LogP contribution in [0.15, 0.2) is 29.2 Å². The lowest BCUT2D eigenvalue weighted by atomic mass is 9.86. The molecule has 1 aliphatic heterocycles. The van der Waals surface area contributed by atoms with Gasteiger partial charge in [0.25, 0.3) is 5.91 Å². The summed E-state index contributed by atoms with van der Waals surface area (Å²) in [6.45, 7) is 0.681. The molecule has 3 aliphatic rings. The summed E-state index contributed by atoms with van der Waals surface area (Å²) in [4.78, 5) is 26.3. The number of hydrogen-bond donors (Lipinski definition) is 0. The monoisotopic (exact) mass is 454 g/mol. The van der Waals surface area contributed by atoms with Crippen molar-refractivity contribution in [2.75, 3.05) is 32.8 Å². The van der Waals surface area contributed by atoms with E-state index in [2.05, 4.69) is 0 Å². The molecule has 2 aliphatic carbocycles. The number of carbonyl (C=O) groups excluding carboxylic acids is 2. The first-order valence-corrected chi connectivity index (χ1v) is 12.3. The quantitative estimate of drug-likeness (QED) is 0.617. The van der Waals surface area contributed by atoms with Crippen molar-refractivity contribution in [3.05, 3.63) is 29.3 Å². The van der Waals surface area contributed by atoms with Gasteiger partial charge >= 0.3 is 5.97 Å². The average Bonchev–Trinajstić information content (AvgIpc) is 3.35. The van der Waals surface area contributed by atoms with Crippen molar-refractivity contribution in [3.63, 3.8) is 0 Å². The Hall–Kier alpha value is -1.64. The number of hydrogen-bond acceptors (Lipinski definition) is 5. The lowest BCUT2D eigenvalue weighted by molar-refractivity contribution is -0.153. The van der Waals surface area contributed by atoms with E-state index >= 15 is 0 Å². The molecule has 1 aromatic rings. The maximum atomic E-state index is 12.7. The van der Waals surface area contributed by atoms with E-state index in [0.29, 0.717) is 23.3 Å². The minimum absolute atomic E-state index is 0.182. The third-order valence-electron chi connectivity index (χ3n) is 6.71. The topological polar surface area (TPSA) is 84.0 Å². The molecule has 1 saturated heterocycles. The lowest BCUT2D eigenvalue weighted by Gasteiger charge is -2.33. The van der Waals surface area contributed by atoms with Crippen LogP contribution in [0.4, 0.5) is 0 Å². The number of halogens is 1. The van der Waals surface area contributed by atoms with E-state index in [1.165, 1.54) is 35.7 Å². The summed E-state index contributed by atoms with van der Waals surface area (Å²) in [6.07, 6.45) is 5.25. The number of amides is 1. The molecular weight excluding hydrogens is 428 g/mol. The van der Waals surface area contributed by atoms with Crippen LogP contribution in [0.5, 0.6) is 0 Å². The molecule has 3 atom stereocenters. The van der Waals surface area contributed by atoms with Gasteiger partial charge in [-0.15, -0.1) is 0 Å². The molecular formula is C21H27ClN2O5S. The van der Waals surface area contributed by atoms with Crippen molar-refractivity contribution in [1.82, 2.24) is 9.21 Å². The Morgan fingerprint density at radius 2 is 1.73 bits per heavy atom. The van der Waals surface area contributed by atoms with Crippen LogP contribution in [-0.4, -0.2) is 62.3 Å². The van der Waals surface area contributed by atoms with Crippen LogP contribution in [0, 0.1) is 17.8 Å². The Morgan fingerprint density at radius 1 is 1.03 bits per heavy atom. The molecule has 1 heterocycles. The Kier molecular flexibility index (Phi) is 6.36. The van der Waals surface area contributed by atoms with Crippen molar-refractivity contribution >= 4 is 33.5 Å². The third-order valence-corrected chi connectivity index (χ3v) is 8.88. The highest BCUT2D eigenvalue weighted by Gasteiger charge is 2.40. The van der Waals surface area contributed by atoms with Gasteiger partial charge in [-0.2, -0.15) is 4.31 Å². The summed E-state index contributed by atoms with van der Waals surface area (Å²) < 4.78 is 32.0. The molecule has 0 radical (unpaired) electrons. The first-order valence-electron chi connectivity index (χ1n) is 10.5. The summed E-state index contributed by atoms with van der Waals surface area (Å²) in [5.41, 5.74) is 0. The molecule has 0 aromatic heterocycles. The van der Waals surface area contributed by atoms with Crippen LogP contribution in [0.2, 0.25) is 5.02 Å². The first-order chi connectivity index (χ1) is 14.3. The number of piperazine rings is 1. The average molecular weight is 455 g/mol. The molecule has 164 valence electrons. The molecule has 3 unspecified atom stereocenters. The summed E-state index contributed by atoms with van der Waals surface area (Å²) >= 11 is 5.83. The first kappa shape index (κ1) is 21.6. The number of nitrogens with zero attached hydrogens (tertiary/aromatic N) is 2. The third kappa shape index (κ3) is 4.65. The number of benzene rings is 1. The van der Waals surface area contributed by atoms with E-state index in [1.54, 1.807) is 17.0 Å². The Balaban J connectivity index is 1.22. The van der Waals surface area contributed by atoms with E-state index < -0.39 is 10.0 Å². The molecule has 0 spiro atoms. The molecule has 1 aromatic carbocycles. The molecule has 2 bridgehead atoms. The Morgan fingerprint density at radius 3 is 2.33 bits per heavy atom. The molecule has 7 nitrogen and oxygen atoms in total. The van der Waals surface area contributed by atoms with Gasteiger partial charge in [0.2, 0.25) is 10.0 Å². The zero-order chi connectivity index (χ0) is 21.3. The van der Waals surface area contributed by atoms with E-state index in [9.17, 15) is 18.0 Å². The summed E-state index contributed by atoms with van der Waals surface area (Å²) in [5.74, 6) is 1.25. The van der Waals surface area contributed by atoms with Crippen molar-refractivity contribution in [2.24, 2.45) is 17.8 Å². The van der Waals surface area contributed by atoms with Crippen molar-refractivity contribution in [3.8, 4) is 0 Å². The summed E-state index contributed by atoms with van der Waals surface area (Å²) in [6, 6.07) is 6.04. The predicted octanol–water partition coefficient (Wildman–Crippen LogP) is 2.54. The normalized spacial score (nSPS) is 26.7. The second kappa shape index (κ2) is 8.85. The predicted molar refractivity (Wildman–Crippen MR) is 111 cm³/mol. The molecule has 30 heavy (non-hydrogen) atoms. The van der Waals surface area contributed by atoms with Crippen molar-refractivity contribution < 1.29 is 22.7 Å². The number of sulfonamides is 1. The van der Waals surface area contributed by atoms with Gasteiger partial charge in [0.05, 0.1) is 4.90 Å². The van der Waals surface area contributed by atoms with Crippen molar-refractivity contribution in [2.45, 2.75) is 37.0 Å². The molecule has 3 fully saturated rings. The molecule has 2 saturated carbocycles. The van der Waals surface area contributed by atoms with Crippen LogP contribution in [0.1, 0.15) is 32.1 Å². The minimum Gasteiger partial charge on any atom is -0.456 e. The zero-order valence-electron chi connectivity index (χ0n) is 16.8. The number of rotatable bonds is 6. The fourth-order valence-corrected chi connectivity index (χ4v) is 6.61. The van der Waals surface area contributed by atoms with Gasteiger partial charge in [-0.3, -0.25) is 9.59 Å². The van der Waals surface area contributed by atoms with E-state index in [4.69, 9.17) is 16.3 Å². The summed E-state index contributed by atoms with van der Waals surface area (Å²) in [5, 5.41) is 0.472. The van der Waals surface area contributed by atoms with Gasteiger partial charge in [0.15, 0.2) is 6.61 Å². The molecule has 0 N–H and O–H groups in total. The largest absolute Gasteiger partial charge is 0.456 e. The lowest BCUT2D eigenvalue weighted by Crippen LogP contribution is -2.51. The SMILES string of the molecule is O=C(CC1CC2CCC1C2)OCC(=O)N1CCN(S(=O)(=O)c2ccc(Cl)cc2)CC1. The second-order valence-corrected chi connectivity index (χ2v) is 10.9. The smallest absolute Gasteiger partial charge is 0.306 e. The van der Waals surface area contributed by atoms with Crippen LogP contribution in [-0.2, 0) is 24.3 Å². The van der Waals surface area contributed by atoms with Crippen LogP contribution in [0.25, 0.3) is 0 Å². The van der Waals surface area contributed by atoms with Gasteiger partial charge in [-0.25, -0.2) is 8.42 Å². The van der Waals surface area contributed by atoms with Gasteiger partial charge in [-0.05, 0) is 61.3 Å². The van der Waals surface area contributed by atoms with Gasteiger partial charge < -0.3 is 9.64 Å². The highest BCUT2D eigenvalue weighted by molar-refractivity contribution is 7.89. The van der Waals surface area contributed by atoms with Crippen LogP contribution >= 0.6 is 11.6 Å². The van der Waals surface area contributed by atoms with Crippen LogP contribution in [0.3, 0.4) is 0 Å². The van der Waals surface area contributed by atoms with Crippen LogP contribution < -0.4 is 0 Å². The highest BCUT2D eigenvalue weighted by Crippen LogP contribution is 2.49. The zero-order valence-corrected chi connectivity index (χ0v) is 18.4. The number of ether oxygens (including phenoxy) is 1. The molecule has 4 rings (SSSR count). The maximum Gasteiger partial charge on any atom is 0.306 e. The van der Waals surface area contributed by atoms with Crippen molar-refractivity contribution in [1.29, 1.82) is 0 Å². The standard InChI is InChI=1S/C21H27ClN2O5S/c22-18-3-5-19(6-4-18)30(27,28)24-9-7-23(8-10-24)20(25)14-29-21(26)13-17-12-15-1-2-16(17)11-15/h3-6,15-17H,1-2,7-14H2. The van der Waals surface area contributed by atoms with Gasteiger partial charge in [-0.1, -0.05) is 18.0 Å². The number of carbonyl (C=O) groups is 2. The number of fused-ring (bicyclic) bond motifs is 2. The summed E-state index contributed by atoms with van der Waals surface area (Å²) in [7, 11) is -3.62. The molecule has 1 amide bonds. The second-order valence-electron chi connectivity index (χ2n) is 8.54. The van der Waals surface area contributed by atoms with E-state index in [1.807, 2.05) is 0 Å². The fourth-order valence-electron chi connectivity index (χ4n) is 5.07. The fraction of sp³-hybridized carbons (Fsp3) is 0.619. The van der Waals surface area contributed by atoms with E-state index in [-0.39, 0.29) is 49.6 Å². The number of esters is 1. The molecule has 9 heteroatoms. The van der Waals surface area contributed by atoms with Gasteiger partial charge in [0.1, 0.15) is 0 Å². The minimum atomic E-state index is -3.62. The Bertz CT molecular complexity index is 896. The van der Waals surface area contributed by atoms with Gasteiger partial charge in [0, 0.05) is 37.6 Å². The Labute approximate surface area is 182 Å².